The molecule has 0 aliphatic rings. The highest BCUT2D eigenvalue weighted by Gasteiger charge is 2.11. The minimum atomic E-state index is -0.437. The van der Waals surface area contributed by atoms with Crippen molar-refractivity contribution in [2.45, 2.75) is 0 Å². The summed E-state index contributed by atoms with van der Waals surface area (Å²) in [6, 6.07) is 11.8. The maximum Gasteiger partial charge on any atom is 0.269 e. The molecule has 2 heterocycles. The second-order valence-corrected chi connectivity index (χ2v) is 5.06. The van der Waals surface area contributed by atoms with Crippen molar-refractivity contribution >= 4 is 22.8 Å². The van der Waals surface area contributed by atoms with Gasteiger partial charge in [0.2, 0.25) is 0 Å². The second-order valence-electron chi connectivity index (χ2n) is 4.12. The molecule has 3 aromatic rings. The van der Waals surface area contributed by atoms with Gasteiger partial charge in [0.25, 0.3) is 5.69 Å². The van der Waals surface area contributed by atoms with E-state index in [4.69, 9.17) is 5.73 Å². The van der Waals surface area contributed by atoms with Crippen molar-refractivity contribution in [3.8, 4) is 16.3 Å². The molecule has 0 bridgehead atoms. The summed E-state index contributed by atoms with van der Waals surface area (Å²) in [6.07, 6.45) is 0. The van der Waals surface area contributed by atoms with E-state index < -0.39 is 4.92 Å². The van der Waals surface area contributed by atoms with Crippen LogP contribution in [-0.4, -0.2) is 14.7 Å². The van der Waals surface area contributed by atoms with Crippen LogP contribution in [0, 0.1) is 10.1 Å². The fourth-order valence-electron chi connectivity index (χ4n) is 1.86. The number of non-ortho nitro benzene ring substituents is 1. The first kappa shape index (κ1) is 12.4. The van der Waals surface area contributed by atoms with E-state index in [0.717, 1.165) is 10.6 Å². The van der Waals surface area contributed by atoms with Gasteiger partial charge in [0.15, 0.2) is 0 Å². The van der Waals surface area contributed by atoms with E-state index in [0.29, 0.717) is 11.5 Å². The van der Waals surface area contributed by atoms with Crippen molar-refractivity contribution in [3.63, 3.8) is 0 Å². The zero-order chi connectivity index (χ0) is 14.1. The number of anilines is 1. The molecule has 0 aliphatic heterocycles. The van der Waals surface area contributed by atoms with Crippen LogP contribution in [0.15, 0.2) is 47.8 Å². The first-order valence-corrected chi connectivity index (χ1v) is 6.67. The highest BCUT2D eigenvalue weighted by atomic mass is 32.1. The SMILES string of the molecule is Nc1cc(-c2cccs2)nn1-c1ccc([N+](=O)[O-])cc1. The number of nitro benzene ring substituents is 1. The third kappa shape index (κ3) is 2.14. The van der Waals surface area contributed by atoms with Crippen LogP contribution >= 0.6 is 11.3 Å². The van der Waals surface area contributed by atoms with Gasteiger partial charge in [-0.05, 0) is 23.6 Å². The lowest BCUT2D eigenvalue weighted by Gasteiger charge is -2.02. The summed E-state index contributed by atoms with van der Waals surface area (Å²) in [5.74, 6) is 0.488. The molecule has 2 N–H and O–H groups in total. The fourth-order valence-corrected chi connectivity index (χ4v) is 2.54. The summed E-state index contributed by atoms with van der Waals surface area (Å²) in [6.45, 7) is 0. The van der Waals surface area contributed by atoms with Crippen molar-refractivity contribution in [3.05, 3.63) is 58.0 Å². The maximum atomic E-state index is 10.6. The standard InChI is InChI=1S/C13H10N4O2S/c14-13-8-11(12-2-1-7-20-12)15-16(13)9-3-5-10(6-4-9)17(18)19/h1-8H,14H2. The van der Waals surface area contributed by atoms with E-state index in [-0.39, 0.29) is 5.69 Å². The van der Waals surface area contributed by atoms with Gasteiger partial charge in [-0.25, -0.2) is 4.68 Å². The monoisotopic (exact) mass is 286 g/mol. The van der Waals surface area contributed by atoms with Gasteiger partial charge >= 0.3 is 0 Å². The first-order chi connectivity index (χ1) is 9.65. The number of hydrogen-bond donors (Lipinski definition) is 1. The van der Waals surface area contributed by atoms with E-state index in [1.807, 2.05) is 17.5 Å². The topological polar surface area (TPSA) is 87.0 Å². The van der Waals surface area contributed by atoms with Crippen LogP contribution in [0.3, 0.4) is 0 Å². The smallest absolute Gasteiger partial charge is 0.269 e. The number of nitro groups is 1. The lowest BCUT2D eigenvalue weighted by Crippen LogP contribution is -2.01. The maximum absolute atomic E-state index is 10.6. The van der Waals surface area contributed by atoms with Crippen LogP contribution < -0.4 is 5.73 Å². The number of nitrogens with zero attached hydrogens (tertiary/aromatic N) is 3. The van der Waals surface area contributed by atoms with Crippen LogP contribution in [-0.2, 0) is 0 Å². The third-order valence-electron chi connectivity index (χ3n) is 2.82. The van der Waals surface area contributed by atoms with Gasteiger partial charge in [-0.3, -0.25) is 10.1 Å². The minimum Gasteiger partial charge on any atom is -0.384 e. The number of hydrogen-bond acceptors (Lipinski definition) is 5. The van der Waals surface area contributed by atoms with E-state index in [1.165, 1.54) is 12.1 Å². The Balaban J connectivity index is 2.00. The molecule has 0 radical (unpaired) electrons. The van der Waals surface area contributed by atoms with Crippen molar-refractivity contribution < 1.29 is 4.92 Å². The van der Waals surface area contributed by atoms with Crippen molar-refractivity contribution in [2.24, 2.45) is 0 Å². The molecule has 2 aromatic heterocycles. The molecule has 20 heavy (non-hydrogen) atoms. The molecule has 0 atom stereocenters. The van der Waals surface area contributed by atoms with E-state index >= 15 is 0 Å². The Morgan fingerprint density at radius 3 is 2.60 bits per heavy atom. The van der Waals surface area contributed by atoms with Gasteiger partial charge in [0, 0.05) is 18.2 Å². The molecule has 0 spiro atoms. The van der Waals surface area contributed by atoms with Crippen LogP contribution in [0.4, 0.5) is 11.5 Å². The molecule has 3 rings (SSSR count). The quantitative estimate of drug-likeness (QED) is 0.592. The molecule has 0 saturated heterocycles. The fraction of sp³-hybridized carbons (Fsp3) is 0. The summed E-state index contributed by atoms with van der Waals surface area (Å²) in [4.78, 5) is 11.2. The van der Waals surface area contributed by atoms with E-state index in [9.17, 15) is 10.1 Å². The predicted octanol–water partition coefficient (Wildman–Crippen LogP) is 3.09. The molecule has 0 fully saturated rings. The summed E-state index contributed by atoms with van der Waals surface area (Å²) in [5.41, 5.74) is 7.47. The summed E-state index contributed by atoms with van der Waals surface area (Å²) < 4.78 is 1.57. The molecule has 1 aromatic carbocycles. The first-order valence-electron chi connectivity index (χ1n) is 5.79. The number of nitrogens with two attached hydrogens (primary N) is 1. The van der Waals surface area contributed by atoms with Gasteiger partial charge in [0.05, 0.1) is 15.5 Å². The third-order valence-corrected chi connectivity index (χ3v) is 3.71. The van der Waals surface area contributed by atoms with Gasteiger partial charge in [-0.15, -0.1) is 11.3 Å². The number of aromatic nitrogens is 2. The minimum absolute atomic E-state index is 0.0398. The molecule has 0 amide bonds. The molecule has 6 nitrogen and oxygen atoms in total. The van der Waals surface area contributed by atoms with Gasteiger partial charge in [-0.1, -0.05) is 6.07 Å². The Labute approximate surface area is 118 Å². The predicted molar refractivity (Wildman–Crippen MR) is 77.9 cm³/mol. The normalized spacial score (nSPS) is 10.6. The zero-order valence-electron chi connectivity index (χ0n) is 10.3. The molecule has 7 heteroatoms. The molecular weight excluding hydrogens is 276 g/mol. The van der Waals surface area contributed by atoms with Crippen LogP contribution in [0.1, 0.15) is 0 Å². The Kier molecular flexibility index (Phi) is 2.96. The average Bonchev–Trinajstić information content (AvgIpc) is 3.08. The van der Waals surface area contributed by atoms with Gasteiger partial charge < -0.3 is 5.73 Å². The molecule has 0 saturated carbocycles. The number of rotatable bonds is 3. The lowest BCUT2D eigenvalue weighted by molar-refractivity contribution is -0.384. The van der Waals surface area contributed by atoms with E-state index in [2.05, 4.69) is 5.10 Å². The number of nitrogen functional groups attached to an aromatic ring is 1. The largest absolute Gasteiger partial charge is 0.384 e. The van der Waals surface area contributed by atoms with Gasteiger partial charge in [-0.2, -0.15) is 5.10 Å². The number of benzene rings is 1. The molecule has 0 aliphatic carbocycles. The lowest BCUT2D eigenvalue weighted by atomic mass is 10.3. The average molecular weight is 286 g/mol. The summed E-state index contributed by atoms with van der Waals surface area (Å²) in [5, 5.41) is 17.0. The Hall–Kier alpha value is -2.67. The summed E-state index contributed by atoms with van der Waals surface area (Å²) in [7, 11) is 0. The van der Waals surface area contributed by atoms with Crippen LogP contribution in [0.5, 0.6) is 0 Å². The number of thiophene rings is 1. The van der Waals surface area contributed by atoms with Crippen molar-refractivity contribution in [1.82, 2.24) is 9.78 Å². The van der Waals surface area contributed by atoms with Crippen LogP contribution in [0.2, 0.25) is 0 Å². The van der Waals surface area contributed by atoms with E-state index in [1.54, 1.807) is 34.2 Å². The molecule has 100 valence electrons. The van der Waals surface area contributed by atoms with Crippen molar-refractivity contribution in [2.75, 3.05) is 5.73 Å². The van der Waals surface area contributed by atoms with Gasteiger partial charge in [0.1, 0.15) is 11.5 Å². The Morgan fingerprint density at radius 2 is 2.00 bits per heavy atom. The second kappa shape index (κ2) is 4.78. The highest BCUT2D eigenvalue weighted by Crippen LogP contribution is 2.27. The highest BCUT2D eigenvalue weighted by molar-refractivity contribution is 7.13. The Morgan fingerprint density at radius 1 is 1.25 bits per heavy atom. The molecule has 0 unspecified atom stereocenters. The summed E-state index contributed by atoms with van der Waals surface area (Å²) >= 11 is 1.58. The Bertz CT molecular complexity index is 747. The van der Waals surface area contributed by atoms with Crippen molar-refractivity contribution in [1.29, 1.82) is 0 Å². The molecular formula is C13H10N4O2S. The van der Waals surface area contributed by atoms with Crippen LogP contribution in [0.25, 0.3) is 16.3 Å². The zero-order valence-corrected chi connectivity index (χ0v) is 11.1.